The molecule has 0 N–H and O–H groups in total. The molecule has 1 amide bonds. The van der Waals surface area contributed by atoms with Crippen LogP contribution in [0.2, 0.25) is 0 Å². The zero-order valence-corrected chi connectivity index (χ0v) is 14.1. The number of amides is 1. The van der Waals surface area contributed by atoms with E-state index >= 15 is 0 Å². The fourth-order valence-corrected chi connectivity index (χ4v) is 3.28. The van der Waals surface area contributed by atoms with E-state index in [1.807, 2.05) is 42.3 Å². The van der Waals surface area contributed by atoms with Crippen LogP contribution in [0.3, 0.4) is 0 Å². The number of hydrogen-bond acceptors (Lipinski definition) is 3. The van der Waals surface area contributed by atoms with Crippen LogP contribution in [0, 0.1) is 5.92 Å². The van der Waals surface area contributed by atoms with Gasteiger partial charge in [-0.05, 0) is 43.0 Å². The van der Waals surface area contributed by atoms with E-state index in [0.29, 0.717) is 23.1 Å². The van der Waals surface area contributed by atoms with Crippen LogP contribution in [0.1, 0.15) is 42.5 Å². The maximum atomic E-state index is 12.8. The third-order valence-electron chi connectivity index (χ3n) is 4.56. The van der Waals surface area contributed by atoms with Crippen LogP contribution in [-0.2, 0) is 0 Å². The van der Waals surface area contributed by atoms with Gasteiger partial charge in [-0.1, -0.05) is 37.5 Å². The summed E-state index contributed by atoms with van der Waals surface area (Å²) >= 11 is 0. The number of rotatable bonds is 5. The third kappa shape index (κ3) is 4.13. The predicted octanol–water partition coefficient (Wildman–Crippen LogP) is 4.53. The van der Waals surface area contributed by atoms with Crippen molar-refractivity contribution in [1.29, 1.82) is 0 Å². The Morgan fingerprint density at radius 3 is 2.62 bits per heavy atom. The Balaban J connectivity index is 1.72. The predicted molar refractivity (Wildman–Crippen MR) is 94.3 cm³/mol. The first kappa shape index (κ1) is 16.5. The van der Waals surface area contributed by atoms with Gasteiger partial charge >= 0.3 is 0 Å². The van der Waals surface area contributed by atoms with E-state index in [1.54, 1.807) is 18.3 Å². The lowest BCUT2D eigenvalue weighted by Crippen LogP contribution is -2.33. The maximum Gasteiger partial charge on any atom is 0.259 e. The Labute approximate surface area is 143 Å². The number of benzene rings is 1. The van der Waals surface area contributed by atoms with Gasteiger partial charge in [0.1, 0.15) is 11.3 Å². The number of carbonyl (C=O) groups is 1. The highest BCUT2D eigenvalue weighted by atomic mass is 16.5. The van der Waals surface area contributed by atoms with Crippen molar-refractivity contribution < 1.29 is 9.53 Å². The van der Waals surface area contributed by atoms with E-state index in [1.165, 1.54) is 32.1 Å². The fraction of sp³-hybridized carbons (Fsp3) is 0.400. The van der Waals surface area contributed by atoms with Gasteiger partial charge in [0.25, 0.3) is 5.91 Å². The van der Waals surface area contributed by atoms with Gasteiger partial charge in [-0.2, -0.15) is 0 Å². The minimum absolute atomic E-state index is 0.0281. The van der Waals surface area contributed by atoms with Crippen LogP contribution in [0.15, 0.2) is 48.7 Å². The molecule has 0 unspecified atom stereocenters. The molecule has 4 heteroatoms. The molecule has 126 valence electrons. The highest BCUT2D eigenvalue weighted by molar-refractivity contribution is 5.96. The van der Waals surface area contributed by atoms with Gasteiger partial charge in [-0.25, -0.2) is 4.98 Å². The van der Waals surface area contributed by atoms with Crippen LogP contribution in [-0.4, -0.2) is 29.4 Å². The molecule has 1 heterocycles. The molecule has 0 saturated heterocycles. The number of ether oxygens (including phenoxy) is 1. The maximum absolute atomic E-state index is 12.8. The van der Waals surface area contributed by atoms with Crippen molar-refractivity contribution in [3.8, 4) is 11.6 Å². The van der Waals surface area contributed by atoms with Crippen molar-refractivity contribution in [2.24, 2.45) is 5.92 Å². The second-order valence-corrected chi connectivity index (χ2v) is 6.46. The smallest absolute Gasteiger partial charge is 0.259 e. The molecule has 2 aromatic rings. The highest BCUT2D eigenvalue weighted by Gasteiger charge is 2.22. The third-order valence-corrected chi connectivity index (χ3v) is 4.56. The molecule has 3 rings (SSSR count). The van der Waals surface area contributed by atoms with Gasteiger partial charge in [0.15, 0.2) is 0 Å². The summed E-state index contributed by atoms with van der Waals surface area (Å²) in [5, 5.41) is 0. The van der Waals surface area contributed by atoms with Crippen LogP contribution in [0.5, 0.6) is 11.6 Å². The Bertz CT molecular complexity index is 666. The van der Waals surface area contributed by atoms with Crippen molar-refractivity contribution in [2.75, 3.05) is 13.6 Å². The molecule has 24 heavy (non-hydrogen) atoms. The van der Waals surface area contributed by atoms with Gasteiger partial charge in [-0.15, -0.1) is 0 Å². The number of nitrogens with zero attached hydrogens (tertiary/aromatic N) is 2. The molecule has 0 spiro atoms. The van der Waals surface area contributed by atoms with Gasteiger partial charge in [0.05, 0.1) is 0 Å². The Morgan fingerprint density at radius 1 is 1.12 bits per heavy atom. The normalized spacial score (nSPS) is 15.0. The molecule has 0 aliphatic heterocycles. The zero-order valence-electron chi connectivity index (χ0n) is 14.1. The minimum atomic E-state index is -0.0281. The number of pyridine rings is 1. The Hall–Kier alpha value is -2.36. The molecular formula is C20H24N2O2. The number of carbonyl (C=O) groups excluding carboxylic acids is 1. The summed E-state index contributed by atoms with van der Waals surface area (Å²) in [6.07, 6.45) is 7.97. The molecule has 1 aromatic heterocycles. The number of hydrogen-bond donors (Lipinski definition) is 0. The minimum Gasteiger partial charge on any atom is -0.438 e. The monoisotopic (exact) mass is 324 g/mol. The summed E-state index contributed by atoms with van der Waals surface area (Å²) in [4.78, 5) is 18.9. The van der Waals surface area contributed by atoms with E-state index in [0.717, 1.165) is 6.54 Å². The summed E-state index contributed by atoms with van der Waals surface area (Å²) in [7, 11) is 1.87. The Morgan fingerprint density at radius 2 is 1.88 bits per heavy atom. The molecule has 0 atom stereocenters. The standard InChI is InChI=1S/C20H24N2O2/c1-22(15-16-9-4-2-5-10-16)20(23)18-13-8-14-21-19(18)24-17-11-6-3-7-12-17/h3,6-8,11-14,16H,2,4-5,9-10,15H2,1H3. The Kier molecular flexibility index (Phi) is 5.47. The number of para-hydroxylation sites is 1. The molecule has 1 aromatic carbocycles. The van der Waals surface area contributed by atoms with E-state index in [-0.39, 0.29) is 5.91 Å². The van der Waals surface area contributed by atoms with E-state index in [4.69, 9.17) is 4.74 Å². The molecule has 1 fully saturated rings. The van der Waals surface area contributed by atoms with Crippen LogP contribution < -0.4 is 4.74 Å². The molecule has 4 nitrogen and oxygen atoms in total. The van der Waals surface area contributed by atoms with Crippen molar-refractivity contribution in [3.63, 3.8) is 0 Å². The van der Waals surface area contributed by atoms with Crippen LogP contribution in [0.4, 0.5) is 0 Å². The number of aromatic nitrogens is 1. The molecule has 0 bridgehead atoms. The highest BCUT2D eigenvalue weighted by Crippen LogP contribution is 2.26. The molecule has 1 aliphatic rings. The average molecular weight is 324 g/mol. The van der Waals surface area contributed by atoms with E-state index in [9.17, 15) is 4.79 Å². The van der Waals surface area contributed by atoms with Crippen molar-refractivity contribution in [1.82, 2.24) is 9.88 Å². The van der Waals surface area contributed by atoms with Crippen molar-refractivity contribution in [3.05, 3.63) is 54.2 Å². The molecule has 0 radical (unpaired) electrons. The lowest BCUT2D eigenvalue weighted by atomic mass is 9.89. The van der Waals surface area contributed by atoms with Gasteiger partial charge in [-0.3, -0.25) is 4.79 Å². The fourth-order valence-electron chi connectivity index (χ4n) is 3.28. The quantitative estimate of drug-likeness (QED) is 0.811. The second-order valence-electron chi connectivity index (χ2n) is 6.46. The topological polar surface area (TPSA) is 42.4 Å². The van der Waals surface area contributed by atoms with Crippen molar-refractivity contribution >= 4 is 5.91 Å². The lowest BCUT2D eigenvalue weighted by Gasteiger charge is -2.27. The molecule has 1 aliphatic carbocycles. The lowest BCUT2D eigenvalue weighted by molar-refractivity contribution is 0.0757. The van der Waals surface area contributed by atoms with E-state index < -0.39 is 0 Å². The van der Waals surface area contributed by atoms with Gasteiger partial charge < -0.3 is 9.64 Å². The van der Waals surface area contributed by atoms with Gasteiger partial charge in [0, 0.05) is 19.8 Å². The molecule has 1 saturated carbocycles. The van der Waals surface area contributed by atoms with Gasteiger partial charge in [0.2, 0.25) is 5.88 Å². The summed E-state index contributed by atoms with van der Waals surface area (Å²) in [5.74, 6) is 1.63. The summed E-state index contributed by atoms with van der Waals surface area (Å²) in [5.41, 5.74) is 0.514. The average Bonchev–Trinajstić information content (AvgIpc) is 2.63. The summed E-state index contributed by atoms with van der Waals surface area (Å²) in [6.45, 7) is 0.804. The first-order valence-electron chi connectivity index (χ1n) is 8.67. The van der Waals surface area contributed by atoms with E-state index in [2.05, 4.69) is 4.98 Å². The van der Waals surface area contributed by atoms with Crippen molar-refractivity contribution in [2.45, 2.75) is 32.1 Å². The first-order chi connectivity index (χ1) is 11.7. The largest absolute Gasteiger partial charge is 0.438 e. The summed E-state index contributed by atoms with van der Waals surface area (Å²) in [6, 6.07) is 13.0. The molecular weight excluding hydrogens is 300 g/mol. The second kappa shape index (κ2) is 7.95. The first-order valence-corrected chi connectivity index (χ1v) is 8.67. The zero-order chi connectivity index (χ0) is 16.8. The van der Waals surface area contributed by atoms with Crippen LogP contribution >= 0.6 is 0 Å². The SMILES string of the molecule is CN(CC1CCCCC1)C(=O)c1cccnc1Oc1ccccc1. The summed E-state index contributed by atoms with van der Waals surface area (Å²) < 4.78 is 5.81. The van der Waals surface area contributed by atoms with Crippen LogP contribution in [0.25, 0.3) is 0 Å².